The van der Waals surface area contributed by atoms with E-state index in [9.17, 15) is 13.2 Å². The Morgan fingerprint density at radius 2 is 1.67 bits per heavy atom. The molecule has 2 aromatic carbocycles. The van der Waals surface area contributed by atoms with Gasteiger partial charge in [0.1, 0.15) is 12.4 Å². The molecule has 0 radical (unpaired) electrons. The SMILES string of the molecule is Cc1cccc(C)c1-c1cc2nc(n1)NS(=O)(=O)c1cccc(c1)C(=O)N(Cc1ccc(N3CCC(C(C)(C)C)CC3)nc1)[C@H](CC(C)C)CO2. The van der Waals surface area contributed by atoms with Crippen molar-refractivity contribution in [3.8, 4) is 17.1 Å². The number of rotatable bonds is 6. The van der Waals surface area contributed by atoms with E-state index in [1.165, 1.54) is 12.1 Å². The third kappa shape index (κ3) is 8.35. The first kappa shape index (κ1) is 36.3. The average Bonchev–Trinajstić information content (AvgIpc) is 3.08. The highest BCUT2D eigenvalue weighted by molar-refractivity contribution is 7.92. The predicted molar refractivity (Wildman–Crippen MR) is 201 cm³/mol. The lowest BCUT2D eigenvalue weighted by Gasteiger charge is -2.39. The van der Waals surface area contributed by atoms with E-state index in [4.69, 9.17) is 9.72 Å². The molecule has 6 rings (SSSR count). The molecule has 51 heavy (non-hydrogen) atoms. The number of hydrogen-bond acceptors (Lipinski definition) is 8. The Kier molecular flexibility index (Phi) is 10.4. The van der Waals surface area contributed by atoms with Gasteiger partial charge >= 0.3 is 0 Å². The van der Waals surface area contributed by atoms with E-state index in [1.54, 1.807) is 23.1 Å². The zero-order valence-corrected chi connectivity index (χ0v) is 31.6. The fourth-order valence-corrected chi connectivity index (χ4v) is 8.27. The highest BCUT2D eigenvalue weighted by Gasteiger charge is 2.31. The molecule has 1 saturated heterocycles. The van der Waals surface area contributed by atoms with Crippen molar-refractivity contribution in [1.29, 1.82) is 0 Å². The number of sulfonamides is 1. The summed E-state index contributed by atoms with van der Waals surface area (Å²) in [7, 11) is -4.15. The maximum atomic E-state index is 14.4. The Morgan fingerprint density at radius 1 is 0.961 bits per heavy atom. The van der Waals surface area contributed by atoms with Crippen LogP contribution in [0, 0.1) is 31.1 Å². The normalized spacial score (nSPS) is 18.4. The summed E-state index contributed by atoms with van der Waals surface area (Å²) in [6, 6.07) is 17.5. The van der Waals surface area contributed by atoms with Gasteiger partial charge in [0.15, 0.2) is 0 Å². The van der Waals surface area contributed by atoms with Gasteiger partial charge in [0, 0.05) is 43.0 Å². The molecule has 270 valence electrons. The van der Waals surface area contributed by atoms with Gasteiger partial charge < -0.3 is 14.5 Å². The molecule has 2 aromatic heterocycles. The zero-order valence-electron chi connectivity index (χ0n) is 30.8. The van der Waals surface area contributed by atoms with Crippen LogP contribution in [0.5, 0.6) is 5.88 Å². The quantitative estimate of drug-likeness (QED) is 0.217. The van der Waals surface area contributed by atoms with Crippen LogP contribution in [0.2, 0.25) is 0 Å². The van der Waals surface area contributed by atoms with Gasteiger partial charge in [-0.05, 0) is 91.3 Å². The van der Waals surface area contributed by atoms with Crippen LogP contribution in [0.3, 0.4) is 0 Å². The number of amides is 1. The van der Waals surface area contributed by atoms with Crippen molar-refractivity contribution < 1.29 is 17.9 Å². The third-order valence-corrected chi connectivity index (χ3v) is 11.5. The van der Waals surface area contributed by atoms with Crippen LogP contribution in [-0.4, -0.2) is 59.9 Å². The average molecular weight is 711 g/mol. The summed E-state index contributed by atoms with van der Waals surface area (Å²) in [6.07, 6.45) is 4.77. The van der Waals surface area contributed by atoms with Gasteiger partial charge in [0.25, 0.3) is 15.9 Å². The molecule has 0 spiro atoms. The van der Waals surface area contributed by atoms with Crippen molar-refractivity contribution in [1.82, 2.24) is 19.9 Å². The molecule has 2 aliphatic heterocycles. The fraction of sp³-hybridized carbons (Fsp3) is 0.450. The molecular formula is C40H50N6O4S. The summed E-state index contributed by atoms with van der Waals surface area (Å²) in [5, 5.41) is 0. The highest BCUT2D eigenvalue weighted by Crippen LogP contribution is 2.35. The molecule has 1 N–H and O–H groups in total. The van der Waals surface area contributed by atoms with Gasteiger partial charge in [0.2, 0.25) is 11.8 Å². The Morgan fingerprint density at radius 3 is 2.31 bits per heavy atom. The molecule has 1 amide bonds. The van der Waals surface area contributed by atoms with Gasteiger partial charge in [0.05, 0.1) is 16.6 Å². The number of benzene rings is 2. The maximum Gasteiger partial charge on any atom is 0.264 e. The number of carbonyl (C=O) groups excluding carboxylic acids is 1. The Labute approximate surface area is 302 Å². The number of aromatic nitrogens is 3. The van der Waals surface area contributed by atoms with Crippen LogP contribution < -0.4 is 14.4 Å². The number of carbonyl (C=O) groups is 1. The Balaban J connectivity index is 1.36. The molecule has 4 aromatic rings. The number of ether oxygens (including phenoxy) is 1. The van der Waals surface area contributed by atoms with Crippen LogP contribution in [0.15, 0.2) is 71.8 Å². The number of aryl methyl sites for hydroxylation is 2. The number of nitrogens with one attached hydrogen (secondary N) is 1. The molecule has 0 unspecified atom stereocenters. The first-order valence-electron chi connectivity index (χ1n) is 17.9. The smallest absolute Gasteiger partial charge is 0.264 e. The van der Waals surface area contributed by atoms with Crippen LogP contribution in [0.1, 0.15) is 80.9 Å². The van der Waals surface area contributed by atoms with Crippen molar-refractivity contribution in [2.24, 2.45) is 17.3 Å². The second kappa shape index (κ2) is 14.6. The number of hydrogen-bond donors (Lipinski definition) is 1. The number of nitrogens with zero attached hydrogens (tertiary/aromatic N) is 5. The van der Waals surface area contributed by atoms with Gasteiger partial charge in [-0.15, -0.1) is 0 Å². The minimum absolute atomic E-state index is 0.0576. The molecule has 0 aliphatic carbocycles. The molecule has 2 aliphatic rings. The van der Waals surface area contributed by atoms with Crippen molar-refractivity contribution in [2.75, 3.05) is 29.3 Å². The fourth-order valence-electron chi connectivity index (χ4n) is 7.28. The lowest BCUT2D eigenvalue weighted by molar-refractivity contribution is 0.0553. The van der Waals surface area contributed by atoms with E-state index in [0.29, 0.717) is 23.4 Å². The van der Waals surface area contributed by atoms with E-state index < -0.39 is 10.0 Å². The number of piperidine rings is 1. The van der Waals surface area contributed by atoms with Crippen LogP contribution in [0.25, 0.3) is 11.3 Å². The highest BCUT2D eigenvalue weighted by atomic mass is 32.2. The van der Waals surface area contributed by atoms with Gasteiger partial charge in [-0.2, -0.15) is 4.98 Å². The van der Waals surface area contributed by atoms with E-state index in [2.05, 4.69) is 54.2 Å². The van der Waals surface area contributed by atoms with Crippen LogP contribution in [-0.2, 0) is 16.6 Å². The molecule has 4 bridgehead atoms. The summed E-state index contributed by atoms with van der Waals surface area (Å²) < 4.78 is 36.3. The van der Waals surface area contributed by atoms with Crippen LogP contribution >= 0.6 is 0 Å². The molecule has 1 atom stereocenters. The summed E-state index contributed by atoms with van der Waals surface area (Å²) in [5.41, 5.74) is 4.83. The minimum Gasteiger partial charge on any atom is -0.475 e. The van der Waals surface area contributed by atoms with Crippen molar-refractivity contribution in [3.63, 3.8) is 0 Å². The predicted octanol–water partition coefficient (Wildman–Crippen LogP) is 7.67. The summed E-state index contributed by atoms with van der Waals surface area (Å²) >= 11 is 0. The molecule has 0 saturated carbocycles. The van der Waals surface area contributed by atoms with E-state index in [-0.39, 0.29) is 53.3 Å². The summed E-state index contributed by atoms with van der Waals surface area (Å²) in [5.74, 6) is 1.69. The number of anilines is 2. The van der Waals surface area contributed by atoms with Crippen molar-refractivity contribution in [2.45, 2.75) is 85.2 Å². The molecule has 11 heteroatoms. The third-order valence-electron chi connectivity index (χ3n) is 10.1. The molecule has 1 fully saturated rings. The topological polar surface area (TPSA) is 118 Å². The van der Waals surface area contributed by atoms with Crippen molar-refractivity contribution in [3.05, 3.63) is 89.1 Å². The lowest BCUT2D eigenvalue weighted by Crippen LogP contribution is -2.44. The standard InChI is InChI=1S/C40H50N6O4S/c1-26(2)20-32-25-50-36-22-34(37-27(3)10-8-11-28(37)4)42-39(43-36)44-51(48,49)33-13-9-12-30(21-33)38(47)46(32)24-29-14-15-35(41-23-29)45-18-16-31(17-19-45)40(5,6)7/h8-15,21-23,26,31-32H,16-20,24-25H2,1-7H3,(H,42,43,44)/t32-/m1/s1. The zero-order chi connectivity index (χ0) is 36.5. The number of fused-ring (bicyclic) bond motifs is 4. The molecular weight excluding hydrogens is 661 g/mol. The Bertz CT molecular complexity index is 1960. The van der Waals surface area contributed by atoms with E-state index in [1.807, 2.05) is 50.4 Å². The monoisotopic (exact) mass is 710 g/mol. The first-order chi connectivity index (χ1) is 24.2. The van der Waals surface area contributed by atoms with Gasteiger partial charge in [-0.25, -0.2) is 23.1 Å². The summed E-state index contributed by atoms with van der Waals surface area (Å²) in [6.45, 7) is 17.5. The second-order valence-corrected chi connectivity index (χ2v) is 17.2. The number of pyridine rings is 1. The van der Waals surface area contributed by atoms with E-state index >= 15 is 0 Å². The van der Waals surface area contributed by atoms with Crippen LogP contribution in [0.4, 0.5) is 11.8 Å². The molecule has 4 heterocycles. The van der Waals surface area contributed by atoms with E-state index in [0.717, 1.165) is 54.0 Å². The van der Waals surface area contributed by atoms with Gasteiger partial charge in [-0.1, -0.05) is 65.0 Å². The second-order valence-electron chi connectivity index (χ2n) is 15.5. The minimum atomic E-state index is -4.15. The maximum absolute atomic E-state index is 14.4. The van der Waals surface area contributed by atoms with Gasteiger partial charge in [-0.3, -0.25) is 4.79 Å². The van der Waals surface area contributed by atoms with Crippen molar-refractivity contribution >= 4 is 27.7 Å². The largest absolute Gasteiger partial charge is 0.475 e. The summed E-state index contributed by atoms with van der Waals surface area (Å²) in [4.78, 5) is 32.5. The first-order valence-corrected chi connectivity index (χ1v) is 19.4. The Hall–Kier alpha value is -4.51. The lowest BCUT2D eigenvalue weighted by atomic mass is 9.75. The molecule has 10 nitrogen and oxygen atoms in total.